The largest absolute Gasteiger partial charge is 0.329 e. The van der Waals surface area contributed by atoms with Gasteiger partial charge in [-0.3, -0.25) is 39.2 Å². The van der Waals surface area contributed by atoms with Crippen molar-refractivity contribution in [3.05, 3.63) is 35.4 Å². The first-order chi connectivity index (χ1) is 14.0. The highest BCUT2D eigenvalue weighted by Gasteiger charge is 2.47. The van der Waals surface area contributed by atoms with Crippen molar-refractivity contribution in [2.45, 2.75) is 24.9 Å². The molecule has 3 N–H and O–H groups in total. The molecule has 0 spiro atoms. The average molecular weight is 399 g/mol. The quantitative estimate of drug-likeness (QED) is 0.630. The lowest BCUT2D eigenvalue weighted by molar-refractivity contribution is -0.147. The Kier molecular flexibility index (Phi) is 5.44. The number of piperazine rings is 1. The van der Waals surface area contributed by atoms with Crippen LogP contribution in [0.15, 0.2) is 24.3 Å². The molecule has 1 aromatic carbocycles. The van der Waals surface area contributed by atoms with E-state index in [0.717, 1.165) is 24.5 Å². The van der Waals surface area contributed by atoms with E-state index in [9.17, 15) is 19.2 Å². The summed E-state index contributed by atoms with van der Waals surface area (Å²) in [7, 11) is 0. The van der Waals surface area contributed by atoms with Gasteiger partial charge in [-0.2, -0.15) is 0 Å². The maximum absolute atomic E-state index is 13.5. The lowest BCUT2D eigenvalue weighted by Gasteiger charge is -2.44. The Labute approximate surface area is 168 Å². The van der Waals surface area contributed by atoms with Crippen molar-refractivity contribution in [1.82, 2.24) is 20.0 Å². The van der Waals surface area contributed by atoms with Gasteiger partial charge in [0.05, 0.1) is 0 Å². The summed E-state index contributed by atoms with van der Waals surface area (Å²) in [4.78, 5) is 55.9. The van der Waals surface area contributed by atoms with Gasteiger partial charge in [0.1, 0.15) is 12.1 Å². The smallest absolute Gasteiger partial charge is 0.261 e. The van der Waals surface area contributed by atoms with Crippen molar-refractivity contribution in [2.75, 3.05) is 39.3 Å². The first kappa shape index (κ1) is 19.7. The van der Waals surface area contributed by atoms with E-state index in [1.165, 1.54) is 0 Å². The van der Waals surface area contributed by atoms with Gasteiger partial charge >= 0.3 is 0 Å². The van der Waals surface area contributed by atoms with Crippen LogP contribution in [0.5, 0.6) is 0 Å². The second-order valence-electron chi connectivity index (χ2n) is 7.64. The minimum Gasteiger partial charge on any atom is -0.329 e. The van der Waals surface area contributed by atoms with Crippen LogP contribution in [-0.4, -0.2) is 83.6 Å². The topological polar surface area (TPSA) is 116 Å². The van der Waals surface area contributed by atoms with Gasteiger partial charge in [0.2, 0.25) is 11.8 Å². The van der Waals surface area contributed by atoms with Crippen molar-refractivity contribution in [1.29, 1.82) is 0 Å². The van der Waals surface area contributed by atoms with Gasteiger partial charge in [0.25, 0.3) is 11.8 Å². The van der Waals surface area contributed by atoms with Crippen LogP contribution in [0.3, 0.4) is 0 Å². The molecule has 4 amide bonds. The summed E-state index contributed by atoms with van der Waals surface area (Å²) < 4.78 is 0. The van der Waals surface area contributed by atoms with Crippen molar-refractivity contribution >= 4 is 23.6 Å². The van der Waals surface area contributed by atoms with E-state index in [4.69, 9.17) is 5.73 Å². The van der Waals surface area contributed by atoms with Crippen LogP contribution in [-0.2, 0) is 14.4 Å². The number of amides is 4. The highest BCUT2D eigenvalue weighted by atomic mass is 16.2. The van der Waals surface area contributed by atoms with E-state index in [2.05, 4.69) is 15.1 Å². The first-order valence-corrected chi connectivity index (χ1v) is 9.97. The molecule has 2 fully saturated rings. The standard InChI is InChI=1S/C20H25N5O4/c21-7-8-23-9-11-24(12-10-23)17-13-3-1-2-4-14(13)19(28)25(20(17)29)15-5-6-16(26)22-18(15)27/h1-4,15,17H,5-12,21H2,(H,22,26,27). The molecule has 1 aromatic rings. The lowest BCUT2D eigenvalue weighted by atomic mass is 9.90. The number of rotatable bonds is 4. The first-order valence-electron chi connectivity index (χ1n) is 9.97. The minimum absolute atomic E-state index is 0.109. The van der Waals surface area contributed by atoms with E-state index in [-0.39, 0.29) is 18.7 Å². The van der Waals surface area contributed by atoms with Crippen LogP contribution >= 0.6 is 0 Å². The fraction of sp³-hybridized carbons (Fsp3) is 0.500. The Hall–Kier alpha value is -2.62. The van der Waals surface area contributed by atoms with Crippen molar-refractivity contribution in [3.63, 3.8) is 0 Å². The van der Waals surface area contributed by atoms with Crippen molar-refractivity contribution < 1.29 is 19.2 Å². The highest BCUT2D eigenvalue weighted by molar-refractivity contribution is 6.14. The molecule has 4 rings (SSSR count). The molecule has 3 heterocycles. The Balaban J connectivity index is 1.65. The number of hydrogen-bond acceptors (Lipinski definition) is 7. The Morgan fingerprint density at radius 2 is 1.76 bits per heavy atom. The van der Waals surface area contributed by atoms with Crippen LogP contribution in [0.4, 0.5) is 0 Å². The van der Waals surface area contributed by atoms with E-state index in [1.54, 1.807) is 12.1 Å². The summed E-state index contributed by atoms with van der Waals surface area (Å²) in [5.41, 5.74) is 6.76. The number of piperidine rings is 1. The molecule has 154 valence electrons. The Bertz CT molecular complexity index is 849. The molecule has 0 aliphatic carbocycles. The predicted octanol–water partition coefficient (Wildman–Crippen LogP) is -0.908. The van der Waals surface area contributed by atoms with Gasteiger partial charge in [-0.1, -0.05) is 18.2 Å². The second-order valence-corrected chi connectivity index (χ2v) is 7.64. The number of nitrogens with zero attached hydrogens (tertiary/aromatic N) is 3. The van der Waals surface area contributed by atoms with E-state index < -0.39 is 29.8 Å². The summed E-state index contributed by atoms with van der Waals surface area (Å²) in [6.45, 7) is 4.31. The number of nitrogens with two attached hydrogens (primary N) is 1. The zero-order chi connectivity index (χ0) is 20.5. The highest BCUT2D eigenvalue weighted by Crippen LogP contribution is 2.34. The molecule has 9 nitrogen and oxygen atoms in total. The average Bonchev–Trinajstić information content (AvgIpc) is 2.71. The number of hydrogen-bond donors (Lipinski definition) is 2. The molecule has 0 saturated carbocycles. The van der Waals surface area contributed by atoms with Gasteiger partial charge in [-0.25, -0.2) is 0 Å². The summed E-state index contributed by atoms with van der Waals surface area (Å²) in [6, 6.07) is 5.51. The molecule has 3 aliphatic rings. The van der Waals surface area contributed by atoms with Gasteiger partial charge < -0.3 is 5.73 Å². The van der Waals surface area contributed by atoms with Crippen LogP contribution in [0.25, 0.3) is 0 Å². The van der Waals surface area contributed by atoms with Gasteiger partial charge in [0, 0.05) is 51.3 Å². The molecule has 0 radical (unpaired) electrons. The van der Waals surface area contributed by atoms with Crippen LogP contribution in [0, 0.1) is 0 Å². The third kappa shape index (κ3) is 3.57. The Morgan fingerprint density at radius 3 is 2.45 bits per heavy atom. The van der Waals surface area contributed by atoms with Crippen LogP contribution < -0.4 is 11.1 Å². The lowest BCUT2D eigenvalue weighted by Crippen LogP contribution is -2.61. The van der Waals surface area contributed by atoms with Crippen molar-refractivity contribution in [2.24, 2.45) is 5.73 Å². The summed E-state index contributed by atoms with van der Waals surface area (Å²) in [5.74, 6) is -1.83. The van der Waals surface area contributed by atoms with E-state index in [0.29, 0.717) is 30.8 Å². The van der Waals surface area contributed by atoms with E-state index in [1.807, 2.05) is 12.1 Å². The van der Waals surface area contributed by atoms with Crippen molar-refractivity contribution in [3.8, 4) is 0 Å². The molecule has 3 aliphatic heterocycles. The maximum Gasteiger partial charge on any atom is 0.261 e. The number of carbonyl (C=O) groups is 4. The molecule has 9 heteroatoms. The van der Waals surface area contributed by atoms with Gasteiger partial charge in [0.15, 0.2) is 0 Å². The third-order valence-corrected chi connectivity index (χ3v) is 5.92. The van der Waals surface area contributed by atoms with Gasteiger partial charge in [-0.05, 0) is 18.1 Å². The number of nitrogens with one attached hydrogen (secondary N) is 1. The van der Waals surface area contributed by atoms with Crippen LogP contribution in [0.2, 0.25) is 0 Å². The molecule has 2 saturated heterocycles. The predicted molar refractivity (Wildman–Crippen MR) is 104 cm³/mol. The monoisotopic (exact) mass is 399 g/mol. The minimum atomic E-state index is -0.956. The molecule has 2 atom stereocenters. The molecule has 29 heavy (non-hydrogen) atoms. The summed E-state index contributed by atoms with van der Waals surface area (Å²) in [5, 5.41) is 2.25. The maximum atomic E-state index is 13.5. The normalized spacial score (nSPS) is 26.4. The number of carbonyl (C=O) groups excluding carboxylic acids is 4. The second kappa shape index (κ2) is 8.02. The van der Waals surface area contributed by atoms with Crippen LogP contribution in [0.1, 0.15) is 34.8 Å². The van der Waals surface area contributed by atoms with Gasteiger partial charge in [-0.15, -0.1) is 0 Å². The third-order valence-electron chi connectivity index (χ3n) is 5.92. The zero-order valence-corrected chi connectivity index (χ0v) is 16.2. The summed E-state index contributed by atoms with van der Waals surface area (Å²) in [6.07, 6.45) is 0.263. The zero-order valence-electron chi connectivity index (χ0n) is 16.2. The molecule has 0 aromatic heterocycles. The number of benzene rings is 1. The molecule has 0 bridgehead atoms. The fourth-order valence-electron chi connectivity index (χ4n) is 4.43. The Morgan fingerprint density at radius 1 is 1.03 bits per heavy atom. The fourth-order valence-corrected chi connectivity index (χ4v) is 4.43. The molecular weight excluding hydrogens is 374 g/mol. The molecule has 2 unspecified atom stereocenters. The SMILES string of the molecule is NCCN1CCN(C2C(=O)N(C3CCC(=O)NC3=O)C(=O)c3ccccc32)CC1. The van der Waals surface area contributed by atoms with E-state index >= 15 is 0 Å². The number of imide groups is 2. The summed E-state index contributed by atoms with van der Waals surface area (Å²) >= 11 is 0. The number of fused-ring (bicyclic) bond motifs is 1. The molecular formula is C20H25N5O4.